The number of nitrogens with one attached hydrogen (secondary N) is 3. The van der Waals surface area contributed by atoms with Crippen molar-refractivity contribution in [3.8, 4) is 0 Å². The lowest BCUT2D eigenvalue weighted by atomic mass is 10.2. The monoisotopic (exact) mass is 443 g/mol. The van der Waals surface area contributed by atoms with Crippen molar-refractivity contribution in [2.24, 2.45) is 4.99 Å². The first-order chi connectivity index (χ1) is 14.9. The van der Waals surface area contributed by atoms with E-state index in [1.807, 2.05) is 13.0 Å². The van der Waals surface area contributed by atoms with Crippen molar-refractivity contribution in [2.45, 2.75) is 43.8 Å². The van der Waals surface area contributed by atoms with Gasteiger partial charge in [0.2, 0.25) is 10.0 Å². The van der Waals surface area contributed by atoms with Crippen molar-refractivity contribution in [2.75, 3.05) is 26.7 Å². The van der Waals surface area contributed by atoms with Gasteiger partial charge in [-0.25, -0.2) is 13.1 Å². The van der Waals surface area contributed by atoms with Crippen LogP contribution in [0.3, 0.4) is 0 Å². The van der Waals surface area contributed by atoms with E-state index < -0.39 is 10.0 Å². The molecule has 2 unspecified atom stereocenters. The maximum absolute atomic E-state index is 12.4. The quantitative estimate of drug-likeness (QED) is 0.331. The van der Waals surface area contributed by atoms with Crippen molar-refractivity contribution in [3.63, 3.8) is 0 Å². The van der Waals surface area contributed by atoms with Gasteiger partial charge in [0.15, 0.2) is 5.96 Å². The van der Waals surface area contributed by atoms with Crippen LogP contribution < -0.4 is 15.4 Å². The molecule has 1 aliphatic heterocycles. The zero-order chi connectivity index (χ0) is 22.3. The van der Waals surface area contributed by atoms with Gasteiger partial charge in [0.1, 0.15) is 0 Å². The Morgan fingerprint density at radius 3 is 2.48 bits per heavy atom. The number of rotatable bonds is 8. The molecule has 2 aromatic rings. The fourth-order valence-electron chi connectivity index (χ4n) is 3.80. The summed E-state index contributed by atoms with van der Waals surface area (Å²) < 4.78 is 27.4. The largest absolute Gasteiger partial charge is 0.355 e. The number of hydrogen-bond acceptors (Lipinski definition) is 4. The Kier molecular flexibility index (Phi) is 8.06. The van der Waals surface area contributed by atoms with E-state index in [1.54, 1.807) is 31.3 Å². The van der Waals surface area contributed by atoms with Gasteiger partial charge < -0.3 is 10.6 Å². The summed E-state index contributed by atoms with van der Waals surface area (Å²) in [7, 11) is -1.78. The summed E-state index contributed by atoms with van der Waals surface area (Å²) in [5.41, 5.74) is 2.34. The van der Waals surface area contributed by atoms with E-state index in [0.717, 1.165) is 25.1 Å². The SMILES string of the molecule is CN=C(NCCNS(=O)(=O)c1ccc(C)cc1)NC1CC(C)N(Cc2ccccc2)C1. The molecule has 8 heteroatoms. The zero-order valence-electron chi connectivity index (χ0n) is 18.5. The molecule has 2 atom stereocenters. The maximum Gasteiger partial charge on any atom is 0.240 e. The second-order valence-electron chi connectivity index (χ2n) is 8.05. The topological polar surface area (TPSA) is 85.8 Å². The number of likely N-dealkylation sites (tertiary alicyclic amines) is 1. The summed E-state index contributed by atoms with van der Waals surface area (Å²) in [5, 5.41) is 6.67. The van der Waals surface area contributed by atoms with Crippen LogP contribution in [-0.4, -0.2) is 58.0 Å². The predicted octanol–water partition coefficient (Wildman–Crippen LogP) is 2.10. The molecule has 0 spiro atoms. The summed E-state index contributed by atoms with van der Waals surface area (Å²) in [6.45, 7) is 6.78. The van der Waals surface area contributed by atoms with Crippen molar-refractivity contribution in [1.82, 2.24) is 20.3 Å². The molecule has 3 rings (SSSR count). The minimum atomic E-state index is -3.51. The van der Waals surface area contributed by atoms with Crippen LogP contribution in [0.1, 0.15) is 24.5 Å². The van der Waals surface area contributed by atoms with E-state index in [4.69, 9.17) is 0 Å². The predicted molar refractivity (Wildman–Crippen MR) is 126 cm³/mol. The summed E-state index contributed by atoms with van der Waals surface area (Å²) in [4.78, 5) is 7.03. The molecule has 0 radical (unpaired) electrons. The van der Waals surface area contributed by atoms with E-state index in [9.17, 15) is 8.42 Å². The summed E-state index contributed by atoms with van der Waals surface area (Å²) in [5.74, 6) is 0.688. The summed E-state index contributed by atoms with van der Waals surface area (Å²) >= 11 is 0. The highest BCUT2D eigenvalue weighted by Gasteiger charge is 2.29. The van der Waals surface area contributed by atoms with Gasteiger partial charge >= 0.3 is 0 Å². The highest BCUT2D eigenvalue weighted by Crippen LogP contribution is 2.20. The van der Waals surface area contributed by atoms with Gasteiger partial charge in [0.25, 0.3) is 0 Å². The molecular weight excluding hydrogens is 410 g/mol. The number of benzene rings is 2. The van der Waals surface area contributed by atoms with E-state index in [0.29, 0.717) is 24.6 Å². The Labute approximate surface area is 186 Å². The summed E-state index contributed by atoms with van der Waals surface area (Å²) in [6.07, 6.45) is 1.04. The number of hydrogen-bond donors (Lipinski definition) is 3. The van der Waals surface area contributed by atoms with Crippen LogP contribution in [0.4, 0.5) is 0 Å². The normalized spacial score (nSPS) is 20.0. The molecule has 0 amide bonds. The molecule has 1 saturated heterocycles. The lowest BCUT2D eigenvalue weighted by molar-refractivity contribution is 0.258. The lowest BCUT2D eigenvalue weighted by Gasteiger charge is -2.21. The minimum Gasteiger partial charge on any atom is -0.355 e. The number of aliphatic imine (C=N–C) groups is 1. The lowest BCUT2D eigenvalue weighted by Crippen LogP contribution is -2.46. The first-order valence-electron chi connectivity index (χ1n) is 10.7. The van der Waals surface area contributed by atoms with Gasteiger partial charge in [-0.3, -0.25) is 9.89 Å². The molecule has 1 aliphatic rings. The summed E-state index contributed by atoms with van der Waals surface area (Å²) in [6, 6.07) is 18.1. The molecule has 1 heterocycles. The molecular formula is C23H33N5O2S. The van der Waals surface area contributed by atoms with Crippen molar-refractivity contribution < 1.29 is 8.42 Å². The Bertz CT molecular complexity index is 961. The van der Waals surface area contributed by atoms with Gasteiger partial charge in [-0.1, -0.05) is 48.0 Å². The molecule has 3 N–H and O–H groups in total. The average Bonchev–Trinajstić information content (AvgIpc) is 3.10. The fourth-order valence-corrected chi connectivity index (χ4v) is 4.83. The van der Waals surface area contributed by atoms with E-state index in [2.05, 4.69) is 56.4 Å². The van der Waals surface area contributed by atoms with Gasteiger partial charge in [-0.2, -0.15) is 0 Å². The molecule has 1 fully saturated rings. The highest BCUT2D eigenvalue weighted by atomic mass is 32.2. The average molecular weight is 444 g/mol. The highest BCUT2D eigenvalue weighted by molar-refractivity contribution is 7.89. The van der Waals surface area contributed by atoms with Gasteiger partial charge in [0.05, 0.1) is 4.90 Å². The Morgan fingerprint density at radius 1 is 1.10 bits per heavy atom. The number of nitrogens with zero attached hydrogens (tertiary/aromatic N) is 2. The van der Waals surface area contributed by atoms with E-state index >= 15 is 0 Å². The molecule has 0 bridgehead atoms. The van der Waals surface area contributed by atoms with Gasteiger partial charge in [0, 0.05) is 45.3 Å². The minimum absolute atomic E-state index is 0.276. The second-order valence-corrected chi connectivity index (χ2v) is 9.82. The Morgan fingerprint density at radius 2 is 1.81 bits per heavy atom. The van der Waals surface area contributed by atoms with Crippen LogP contribution in [0, 0.1) is 6.92 Å². The van der Waals surface area contributed by atoms with Crippen molar-refractivity contribution >= 4 is 16.0 Å². The fraction of sp³-hybridized carbons (Fsp3) is 0.435. The molecule has 31 heavy (non-hydrogen) atoms. The third-order valence-electron chi connectivity index (χ3n) is 5.54. The molecule has 2 aromatic carbocycles. The molecule has 168 valence electrons. The van der Waals surface area contributed by atoms with Crippen LogP contribution in [-0.2, 0) is 16.6 Å². The number of guanidine groups is 1. The smallest absolute Gasteiger partial charge is 0.240 e. The third kappa shape index (κ3) is 6.78. The Hall–Kier alpha value is -2.42. The molecule has 0 aromatic heterocycles. The number of aryl methyl sites for hydroxylation is 1. The van der Waals surface area contributed by atoms with Crippen LogP contribution in [0.15, 0.2) is 64.5 Å². The zero-order valence-corrected chi connectivity index (χ0v) is 19.3. The van der Waals surface area contributed by atoms with Gasteiger partial charge in [-0.15, -0.1) is 0 Å². The van der Waals surface area contributed by atoms with Crippen molar-refractivity contribution in [3.05, 3.63) is 65.7 Å². The van der Waals surface area contributed by atoms with Crippen LogP contribution in [0.25, 0.3) is 0 Å². The molecule has 0 saturated carbocycles. The van der Waals surface area contributed by atoms with E-state index in [-0.39, 0.29) is 11.4 Å². The van der Waals surface area contributed by atoms with Crippen molar-refractivity contribution in [1.29, 1.82) is 0 Å². The van der Waals surface area contributed by atoms with E-state index in [1.165, 1.54) is 5.56 Å². The number of sulfonamides is 1. The van der Waals surface area contributed by atoms with Crippen LogP contribution >= 0.6 is 0 Å². The first-order valence-corrected chi connectivity index (χ1v) is 12.2. The molecule has 7 nitrogen and oxygen atoms in total. The van der Waals surface area contributed by atoms with Crippen LogP contribution in [0.5, 0.6) is 0 Å². The maximum atomic E-state index is 12.4. The third-order valence-corrected chi connectivity index (χ3v) is 7.01. The second kappa shape index (κ2) is 10.7. The first kappa shape index (κ1) is 23.2. The molecule has 0 aliphatic carbocycles. The Balaban J connectivity index is 1.43. The van der Waals surface area contributed by atoms with Gasteiger partial charge in [-0.05, 0) is 38.0 Å². The standard InChI is InChI=1S/C23H33N5O2S/c1-18-9-11-22(12-10-18)31(29,30)26-14-13-25-23(24-3)27-21-15-19(2)28(17-21)16-20-7-5-4-6-8-20/h4-12,19,21,26H,13-17H2,1-3H3,(H2,24,25,27). The van der Waals surface area contributed by atoms with Crippen LogP contribution in [0.2, 0.25) is 0 Å².